The van der Waals surface area contributed by atoms with Crippen molar-refractivity contribution in [3.63, 3.8) is 0 Å². The predicted molar refractivity (Wildman–Crippen MR) is 159 cm³/mol. The van der Waals surface area contributed by atoms with E-state index in [0.717, 1.165) is 54.0 Å². The molecule has 1 N–H and O–H groups in total. The number of hydrogen-bond acceptors (Lipinski definition) is 3. The maximum Gasteiger partial charge on any atom is 0.306 e. The summed E-state index contributed by atoms with van der Waals surface area (Å²) in [4.78, 5) is 19.7. The van der Waals surface area contributed by atoms with E-state index in [1.165, 1.54) is 70.6 Å². The second kappa shape index (κ2) is 12.1. The molecule has 3 saturated carbocycles. The monoisotopic (exact) mass is 536 g/mol. The zero-order valence-electron chi connectivity index (χ0n) is 25.6. The largest absolute Gasteiger partial charge is 0.462 e. The molecule has 8 unspecified atom stereocenters. The van der Waals surface area contributed by atoms with Crippen molar-refractivity contribution in [3.8, 4) is 0 Å². The van der Waals surface area contributed by atoms with Crippen LogP contribution in [0.4, 0.5) is 0 Å². The van der Waals surface area contributed by atoms with Gasteiger partial charge in [0, 0.05) is 18.3 Å². The Hall–Kier alpha value is -1.58. The van der Waals surface area contributed by atoms with E-state index in [9.17, 15) is 4.79 Å². The number of allylic oxidation sites excluding steroid dienone is 1. The normalized spacial score (nSPS) is 36.6. The third-order valence-electron chi connectivity index (χ3n) is 12.2. The lowest BCUT2D eigenvalue weighted by atomic mass is 9.47. The number of imidazole rings is 1. The van der Waals surface area contributed by atoms with E-state index in [4.69, 9.17) is 4.74 Å². The zero-order valence-corrected chi connectivity index (χ0v) is 25.6. The molecule has 0 radical (unpaired) electrons. The second-order valence-electron chi connectivity index (χ2n) is 14.9. The number of aromatic nitrogens is 2. The fourth-order valence-electron chi connectivity index (χ4n) is 10.0. The van der Waals surface area contributed by atoms with Gasteiger partial charge in [-0.1, -0.05) is 78.4 Å². The number of nitrogens with zero attached hydrogens (tertiary/aromatic N) is 1. The Morgan fingerprint density at radius 3 is 2.64 bits per heavy atom. The fourth-order valence-corrected chi connectivity index (χ4v) is 10.0. The molecule has 1 heterocycles. The van der Waals surface area contributed by atoms with Crippen LogP contribution in [0.3, 0.4) is 0 Å². The van der Waals surface area contributed by atoms with Crippen molar-refractivity contribution in [1.82, 2.24) is 9.97 Å². The van der Waals surface area contributed by atoms with Crippen molar-refractivity contribution in [2.45, 2.75) is 137 Å². The lowest BCUT2D eigenvalue weighted by Crippen LogP contribution is -2.51. The molecule has 39 heavy (non-hydrogen) atoms. The number of aromatic amines is 1. The highest BCUT2D eigenvalue weighted by molar-refractivity contribution is 5.69. The molecule has 4 heteroatoms. The van der Waals surface area contributed by atoms with Crippen molar-refractivity contribution >= 4 is 5.97 Å². The number of carbonyl (C=O) groups excluding carboxylic acids is 1. The molecular formula is C35H56N2O2. The minimum absolute atomic E-state index is 0.0567. The highest BCUT2D eigenvalue weighted by Crippen LogP contribution is 2.67. The molecule has 3 fully saturated rings. The minimum atomic E-state index is -0.0630. The van der Waals surface area contributed by atoms with Crippen LogP contribution in [0.1, 0.15) is 130 Å². The molecule has 0 amide bonds. The van der Waals surface area contributed by atoms with Gasteiger partial charge in [-0.15, -0.1) is 0 Å². The van der Waals surface area contributed by atoms with Gasteiger partial charge in [0.05, 0.1) is 12.7 Å². The Labute approximate surface area is 238 Å². The Morgan fingerprint density at radius 1 is 1.05 bits per heavy atom. The van der Waals surface area contributed by atoms with Crippen LogP contribution in [0, 0.1) is 46.3 Å². The topological polar surface area (TPSA) is 55.0 Å². The first-order valence-electron chi connectivity index (χ1n) is 16.6. The van der Waals surface area contributed by atoms with Crippen molar-refractivity contribution in [2.75, 3.05) is 0 Å². The minimum Gasteiger partial charge on any atom is -0.462 e. The van der Waals surface area contributed by atoms with Crippen molar-refractivity contribution in [3.05, 3.63) is 29.9 Å². The Bertz CT molecular complexity index is 983. The van der Waals surface area contributed by atoms with E-state index < -0.39 is 0 Å². The van der Waals surface area contributed by atoms with E-state index in [1.807, 2.05) is 0 Å². The number of nitrogens with one attached hydrogen (secondary N) is 1. The van der Waals surface area contributed by atoms with Crippen LogP contribution in [-0.2, 0) is 16.0 Å². The first kappa shape index (κ1) is 28.9. The van der Waals surface area contributed by atoms with Gasteiger partial charge in [0.25, 0.3) is 0 Å². The molecule has 4 aliphatic carbocycles. The number of H-pyrrole nitrogens is 1. The van der Waals surface area contributed by atoms with Gasteiger partial charge in [-0.3, -0.25) is 4.79 Å². The number of rotatable bonds is 11. The van der Waals surface area contributed by atoms with E-state index in [0.29, 0.717) is 23.7 Å². The highest BCUT2D eigenvalue weighted by atomic mass is 16.5. The molecule has 4 aliphatic rings. The number of fused-ring (bicyclic) bond motifs is 5. The molecule has 0 bridgehead atoms. The van der Waals surface area contributed by atoms with Crippen molar-refractivity contribution in [2.24, 2.45) is 46.3 Å². The molecule has 8 atom stereocenters. The van der Waals surface area contributed by atoms with Gasteiger partial charge in [0.1, 0.15) is 6.10 Å². The summed E-state index contributed by atoms with van der Waals surface area (Å²) in [5.74, 6) is 5.15. The summed E-state index contributed by atoms with van der Waals surface area (Å²) in [6, 6.07) is 0. The summed E-state index contributed by atoms with van der Waals surface area (Å²) in [5.41, 5.74) is 3.46. The molecule has 0 spiro atoms. The summed E-state index contributed by atoms with van der Waals surface area (Å²) in [5, 5.41) is 0. The summed E-state index contributed by atoms with van der Waals surface area (Å²) in [6.07, 6.45) is 24.5. The highest BCUT2D eigenvalue weighted by Gasteiger charge is 2.59. The maximum atomic E-state index is 12.6. The van der Waals surface area contributed by atoms with Crippen LogP contribution in [0.25, 0.3) is 0 Å². The summed E-state index contributed by atoms with van der Waals surface area (Å²) in [7, 11) is 0. The number of carbonyl (C=O) groups is 1. The smallest absolute Gasteiger partial charge is 0.306 e. The molecule has 5 rings (SSSR count). The number of aryl methyl sites for hydroxylation is 1. The maximum absolute atomic E-state index is 12.6. The number of hydrogen-bond donors (Lipinski definition) is 1. The third-order valence-corrected chi connectivity index (χ3v) is 12.2. The number of esters is 1. The average Bonchev–Trinajstić information content (AvgIpc) is 3.54. The fraction of sp³-hybridized carbons (Fsp3) is 0.829. The number of unbranched alkanes of at least 4 members (excludes halogenated alkanes) is 2. The van der Waals surface area contributed by atoms with Gasteiger partial charge >= 0.3 is 5.97 Å². The first-order chi connectivity index (χ1) is 18.7. The summed E-state index contributed by atoms with van der Waals surface area (Å²) >= 11 is 0. The summed E-state index contributed by atoms with van der Waals surface area (Å²) in [6.45, 7) is 12.6. The summed E-state index contributed by atoms with van der Waals surface area (Å²) < 4.78 is 5.99. The van der Waals surface area contributed by atoms with Crippen LogP contribution in [0.15, 0.2) is 24.2 Å². The Balaban J connectivity index is 1.16. The van der Waals surface area contributed by atoms with Gasteiger partial charge < -0.3 is 9.72 Å². The van der Waals surface area contributed by atoms with Gasteiger partial charge in [0.15, 0.2) is 0 Å². The molecular weight excluding hydrogens is 480 g/mol. The SMILES string of the molecule is CC(C)CCCCCC(C)C1CCC2C3CC=C4CC(OC(=O)CCc5cnc[nH]5)CCC4(C)C3CCC12C. The molecule has 1 aromatic heterocycles. The Morgan fingerprint density at radius 2 is 1.87 bits per heavy atom. The van der Waals surface area contributed by atoms with Gasteiger partial charge in [-0.05, 0) is 97.7 Å². The number of ether oxygens (including phenoxy) is 1. The molecule has 218 valence electrons. The standard InChI is InChI=1S/C35H56N2O2/c1-24(2)9-7-6-8-10-25(3)30-14-15-31-29-13-11-26-21-28(39-33(38)16-12-27-22-36-23-37-27)17-19-34(26,4)32(29)18-20-35(30,31)5/h11,22-25,28-32H,6-10,12-21H2,1-5H3,(H,36,37). The van der Waals surface area contributed by atoms with Crippen molar-refractivity contribution < 1.29 is 9.53 Å². The van der Waals surface area contributed by atoms with Crippen LogP contribution in [0.5, 0.6) is 0 Å². The van der Waals surface area contributed by atoms with E-state index >= 15 is 0 Å². The van der Waals surface area contributed by atoms with Crippen LogP contribution < -0.4 is 0 Å². The average molecular weight is 537 g/mol. The lowest BCUT2D eigenvalue weighted by Gasteiger charge is -2.58. The predicted octanol–water partition coefficient (Wildman–Crippen LogP) is 9.08. The molecule has 1 aromatic rings. The molecule has 0 saturated heterocycles. The van der Waals surface area contributed by atoms with E-state index in [2.05, 4.69) is 50.7 Å². The third kappa shape index (κ3) is 6.05. The lowest BCUT2D eigenvalue weighted by molar-refractivity contribution is -0.151. The van der Waals surface area contributed by atoms with Crippen LogP contribution >= 0.6 is 0 Å². The molecule has 0 aromatic carbocycles. The van der Waals surface area contributed by atoms with Gasteiger partial charge in [-0.25, -0.2) is 4.98 Å². The molecule has 0 aliphatic heterocycles. The van der Waals surface area contributed by atoms with E-state index in [1.54, 1.807) is 18.1 Å². The van der Waals surface area contributed by atoms with Gasteiger partial charge in [0.2, 0.25) is 0 Å². The van der Waals surface area contributed by atoms with Crippen LogP contribution in [0.2, 0.25) is 0 Å². The van der Waals surface area contributed by atoms with E-state index in [-0.39, 0.29) is 12.1 Å². The van der Waals surface area contributed by atoms with Crippen LogP contribution in [-0.4, -0.2) is 22.0 Å². The Kier molecular flexibility index (Phi) is 8.98. The first-order valence-corrected chi connectivity index (χ1v) is 16.6. The quantitative estimate of drug-likeness (QED) is 0.174. The van der Waals surface area contributed by atoms with Crippen molar-refractivity contribution in [1.29, 1.82) is 0 Å². The molecule has 4 nitrogen and oxygen atoms in total. The zero-order chi connectivity index (χ0) is 27.6. The van der Waals surface area contributed by atoms with Gasteiger partial charge in [-0.2, -0.15) is 0 Å². The second-order valence-corrected chi connectivity index (χ2v) is 14.9.